The summed E-state index contributed by atoms with van der Waals surface area (Å²) >= 11 is 0. The zero-order valence-corrected chi connectivity index (χ0v) is 12.7. The monoisotopic (exact) mass is 282 g/mol. The van der Waals surface area contributed by atoms with Crippen molar-refractivity contribution >= 4 is 0 Å². The highest BCUT2D eigenvalue weighted by Crippen LogP contribution is 2.30. The van der Waals surface area contributed by atoms with Crippen molar-refractivity contribution in [2.45, 2.75) is 45.4 Å². The summed E-state index contributed by atoms with van der Waals surface area (Å²) in [4.78, 5) is 19.6. The van der Waals surface area contributed by atoms with E-state index in [4.69, 9.17) is 4.98 Å². The molecular formula is C18H22N2O. The molecule has 1 atom stereocenters. The van der Waals surface area contributed by atoms with Crippen molar-refractivity contribution in [1.29, 1.82) is 0 Å². The van der Waals surface area contributed by atoms with Crippen molar-refractivity contribution in [2.24, 2.45) is 5.92 Å². The van der Waals surface area contributed by atoms with E-state index in [1.807, 2.05) is 0 Å². The molecule has 1 aromatic carbocycles. The summed E-state index contributed by atoms with van der Waals surface area (Å²) in [6, 6.07) is 10.2. The van der Waals surface area contributed by atoms with Crippen LogP contribution < -0.4 is 5.56 Å². The molecular weight excluding hydrogens is 260 g/mol. The Labute approximate surface area is 125 Å². The van der Waals surface area contributed by atoms with E-state index in [1.165, 1.54) is 11.1 Å². The number of benzene rings is 1. The number of aromatic nitrogens is 2. The van der Waals surface area contributed by atoms with Crippen LogP contribution in [0.1, 0.15) is 48.8 Å². The van der Waals surface area contributed by atoms with E-state index in [2.05, 4.69) is 43.1 Å². The van der Waals surface area contributed by atoms with Crippen molar-refractivity contribution in [3.8, 4) is 0 Å². The zero-order valence-electron chi connectivity index (χ0n) is 12.7. The highest BCUT2D eigenvalue weighted by molar-refractivity contribution is 5.31. The van der Waals surface area contributed by atoms with E-state index in [0.29, 0.717) is 11.8 Å². The first-order valence-corrected chi connectivity index (χ1v) is 7.78. The molecule has 0 aliphatic heterocycles. The molecule has 0 radical (unpaired) electrons. The third-order valence-electron chi connectivity index (χ3n) is 4.16. The first-order chi connectivity index (χ1) is 10.1. The molecule has 0 bridgehead atoms. The van der Waals surface area contributed by atoms with Gasteiger partial charge in [-0.25, -0.2) is 4.98 Å². The van der Waals surface area contributed by atoms with Gasteiger partial charge in [-0.1, -0.05) is 38.1 Å². The Morgan fingerprint density at radius 1 is 1.29 bits per heavy atom. The maximum Gasteiger partial charge on any atom is 0.251 e. The fourth-order valence-corrected chi connectivity index (χ4v) is 3.18. The first-order valence-electron chi connectivity index (χ1n) is 7.78. The molecule has 1 heterocycles. The molecule has 1 aromatic heterocycles. The van der Waals surface area contributed by atoms with Gasteiger partial charge in [0.05, 0.1) is 0 Å². The highest BCUT2D eigenvalue weighted by Gasteiger charge is 2.22. The average molecular weight is 282 g/mol. The molecule has 110 valence electrons. The van der Waals surface area contributed by atoms with Crippen LogP contribution in [0.25, 0.3) is 0 Å². The fourth-order valence-electron chi connectivity index (χ4n) is 3.18. The number of hydrogen-bond donors (Lipinski definition) is 1. The van der Waals surface area contributed by atoms with Gasteiger partial charge in [0.25, 0.3) is 5.56 Å². The maximum absolute atomic E-state index is 11.9. The minimum absolute atomic E-state index is 0.0190. The van der Waals surface area contributed by atoms with Crippen LogP contribution >= 0.6 is 0 Å². The molecule has 2 aromatic rings. The molecule has 0 spiro atoms. The van der Waals surface area contributed by atoms with Gasteiger partial charge in [0, 0.05) is 17.7 Å². The normalized spacial score (nSPS) is 17.8. The number of aryl methyl sites for hydroxylation is 1. The van der Waals surface area contributed by atoms with E-state index >= 15 is 0 Å². The second-order valence-electron chi connectivity index (χ2n) is 6.43. The van der Waals surface area contributed by atoms with Crippen LogP contribution in [0.2, 0.25) is 0 Å². The van der Waals surface area contributed by atoms with Gasteiger partial charge in [-0.3, -0.25) is 4.79 Å². The zero-order chi connectivity index (χ0) is 14.8. The van der Waals surface area contributed by atoms with Crippen LogP contribution in [0.4, 0.5) is 0 Å². The van der Waals surface area contributed by atoms with E-state index in [1.54, 1.807) is 6.07 Å². The Morgan fingerprint density at radius 2 is 2.05 bits per heavy atom. The van der Waals surface area contributed by atoms with Gasteiger partial charge < -0.3 is 4.98 Å². The quantitative estimate of drug-likeness (QED) is 0.939. The van der Waals surface area contributed by atoms with Gasteiger partial charge in [-0.2, -0.15) is 0 Å². The molecule has 1 aliphatic carbocycles. The lowest BCUT2D eigenvalue weighted by atomic mass is 9.83. The van der Waals surface area contributed by atoms with E-state index < -0.39 is 0 Å². The molecule has 0 saturated carbocycles. The number of hydrogen-bond acceptors (Lipinski definition) is 2. The predicted molar refractivity (Wildman–Crippen MR) is 84.6 cm³/mol. The molecule has 21 heavy (non-hydrogen) atoms. The standard InChI is InChI=1S/C18H22N2O/c1-12(2)9-16-11-17(21)20-18(19-16)15-8-7-13-5-3-4-6-14(13)10-15/h3-6,11-12,15H,7-10H2,1-2H3,(H,19,20,21). The van der Waals surface area contributed by atoms with Crippen molar-refractivity contribution in [2.75, 3.05) is 0 Å². The van der Waals surface area contributed by atoms with E-state index in [0.717, 1.165) is 37.2 Å². The fraction of sp³-hybridized carbons (Fsp3) is 0.444. The Balaban J connectivity index is 1.88. The lowest BCUT2D eigenvalue weighted by molar-refractivity contribution is 0.544. The van der Waals surface area contributed by atoms with Crippen LogP contribution in [0.5, 0.6) is 0 Å². The average Bonchev–Trinajstić information content (AvgIpc) is 2.45. The SMILES string of the molecule is CC(C)Cc1cc(=O)[nH]c(C2CCc3ccccc3C2)n1. The van der Waals surface area contributed by atoms with Crippen molar-refractivity contribution in [3.63, 3.8) is 0 Å². The Hall–Kier alpha value is -1.90. The van der Waals surface area contributed by atoms with Crippen LogP contribution in [0.15, 0.2) is 35.1 Å². The van der Waals surface area contributed by atoms with Gasteiger partial charge in [0.2, 0.25) is 0 Å². The van der Waals surface area contributed by atoms with Gasteiger partial charge in [-0.05, 0) is 42.7 Å². The number of H-pyrrole nitrogens is 1. The van der Waals surface area contributed by atoms with Crippen molar-refractivity contribution in [1.82, 2.24) is 9.97 Å². The summed E-state index contributed by atoms with van der Waals surface area (Å²) < 4.78 is 0. The predicted octanol–water partition coefficient (Wildman–Crippen LogP) is 3.24. The molecule has 3 heteroatoms. The summed E-state index contributed by atoms with van der Waals surface area (Å²) in [5.74, 6) is 1.71. The summed E-state index contributed by atoms with van der Waals surface area (Å²) in [5.41, 5.74) is 3.73. The summed E-state index contributed by atoms with van der Waals surface area (Å²) in [7, 11) is 0. The number of nitrogens with zero attached hydrogens (tertiary/aromatic N) is 1. The lowest BCUT2D eigenvalue weighted by Gasteiger charge is -2.24. The Morgan fingerprint density at radius 3 is 2.81 bits per heavy atom. The van der Waals surface area contributed by atoms with Crippen molar-refractivity contribution < 1.29 is 0 Å². The van der Waals surface area contributed by atoms with Crippen LogP contribution in [0, 0.1) is 5.92 Å². The smallest absolute Gasteiger partial charge is 0.251 e. The molecule has 1 aliphatic rings. The first kappa shape index (κ1) is 14.1. The number of rotatable bonds is 3. The van der Waals surface area contributed by atoms with Crippen LogP contribution in [-0.2, 0) is 19.3 Å². The second-order valence-corrected chi connectivity index (χ2v) is 6.43. The van der Waals surface area contributed by atoms with Crippen molar-refractivity contribution in [3.05, 3.63) is 63.3 Å². The number of fused-ring (bicyclic) bond motifs is 1. The minimum atomic E-state index is -0.0190. The van der Waals surface area contributed by atoms with Crippen LogP contribution in [0.3, 0.4) is 0 Å². The second kappa shape index (κ2) is 5.84. The highest BCUT2D eigenvalue weighted by atomic mass is 16.1. The molecule has 1 unspecified atom stereocenters. The Bertz CT molecular complexity index is 688. The molecule has 0 amide bonds. The number of nitrogens with one attached hydrogen (secondary N) is 1. The van der Waals surface area contributed by atoms with Gasteiger partial charge in [0.1, 0.15) is 5.82 Å². The van der Waals surface area contributed by atoms with E-state index in [-0.39, 0.29) is 5.56 Å². The minimum Gasteiger partial charge on any atom is -0.310 e. The third kappa shape index (κ3) is 3.23. The van der Waals surface area contributed by atoms with Gasteiger partial charge in [0.15, 0.2) is 0 Å². The summed E-state index contributed by atoms with van der Waals surface area (Å²) in [6.07, 6.45) is 3.97. The van der Waals surface area contributed by atoms with E-state index in [9.17, 15) is 4.79 Å². The molecule has 1 N–H and O–H groups in total. The topological polar surface area (TPSA) is 45.8 Å². The molecule has 0 fully saturated rings. The molecule has 3 rings (SSSR count). The molecule has 0 saturated heterocycles. The number of aromatic amines is 1. The van der Waals surface area contributed by atoms with Crippen LogP contribution in [-0.4, -0.2) is 9.97 Å². The Kier molecular flexibility index (Phi) is 3.91. The van der Waals surface area contributed by atoms with Gasteiger partial charge in [-0.15, -0.1) is 0 Å². The third-order valence-corrected chi connectivity index (χ3v) is 4.16. The maximum atomic E-state index is 11.9. The summed E-state index contributed by atoms with van der Waals surface area (Å²) in [6.45, 7) is 4.30. The summed E-state index contributed by atoms with van der Waals surface area (Å²) in [5, 5.41) is 0. The largest absolute Gasteiger partial charge is 0.310 e. The van der Waals surface area contributed by atoms with Gasteiger partial charge >= 0.3 is 0 Å². The lowest BCUT2D eigenvalue weighted by Crippen LogP contribution is -2.20. The molecule has 3 nitrogen and oxygen atoms in total.